The molecule has 4 N–H and O–H groups in total. The Hall–Kier alpha value is -1.18. The second kappa shape index (κ2) is 5.44. The van der Waals surface area contributed by atoms with Crippen LogP contribution in [0, 0.1) is 5.82 Å². The van der Waals surface area contributed by atoms with Gasteiger partial charge in [0.2, 0.25) is 10.0 Å². The maximum Gasteiger partial charge on any atom is 0.238 e. The van der Waals surface area contributed by atoms with Crippen LogP contribution in [-0.2, 0) is 10.0 Å². The van der Waals surface area contributed by atoms with Crippen molar-refractivity contribution in [3.05, 3.63) is 24.0 Å². The van der Waals surface area contributed by atoms with Gasteiger partial charge < -0.3 is 10.6 Å². The quantitative estimate of drug-likeness (QED) is 0.860. The molecular formula is C12H18FN3O2S. The number of halogens is 1. The second-order valence-corrected chi connectivity index (χ2v) is 6.30. The third-order valence-electron chi connectivity index (χ3n) is 3.46. The summed E-state index contributed by atoms with van der Waals surface area (Å²) >= 11 is 0. The third-order valence-corrected chi connectivity index (χ3v) is 4.37. The summed E-state index contributed by atoms with van der Waals surface area (Å²) in [5.41, 5.74) is 6.09. The van der Waals surface area contributed by atoms with Gasteiger partial charge in [-0.1, -0.05) is 0 Å². The van der Waals surface area contributed by atoms with E-state index in [1.807, 2.05) is 4.90 Å². The van der Waals surface area contributed by atoms with Crippen molar-refractivity contribution in [1.82, 2.24) is 0 Å². The van der Waals surface area contributed by atoms with Gasteiger partial charge in [0, 0.05) is 19.1 Å². The third kappa shape index (κ3) is 3.05. The SMILES string of the molecule is NCC1CCCCN1c1ccc(S(N)(=O)=O)cc1F. The van der Waals surface area contributed by atoms with Gasteiger partial charge in [-0.3, -0.25) is 0 Å². The number of hydrogen-bond acceptors (Lipinski definition) is 4. The van der Waals surface area contributed by atoms with Crippen molar-refractivity contribution in [3.63, 3.8) is 0 Å². The highest BCUT2D eigenvalue weighted by Crippen LogP contribution is 2.28. The fraction of sp³-hybridized carbons (Fsp3) is 0.500. The maximum absolute atomic E-state index is 14.1. The van der Waals surface area contributed by atoms with Crippen LogP contribution in [0.25, 0.3) is 0 Å². The van der Waals surface area contributed by atoms with Crippen LogP contribution in [0.4, 0.5) is 10.1 Å². The monoisotopic (exact) mass is 287 g/mol. The van der Waals surface area contributed by atoms with Crippen molar-refractivity contribution in [3.8, 4) is 0 Å². The zero-order chi connectivity index (χ0) is 14.0. The lowest BCUT2D eigenvalue weighted by Crippen LogP contribution is -2.44. The number of primary sulfonamides is 1. The molecule has 0 radical (unpaired) electrons. The molecule has 0 aliphatic carbocycles. The Morgan fingerprint density at radius 2 is 2.11 bits per heavy atom. The zero-order valence-electron chi connectivity index (χ0n) is 10.5. The molecule has 1 atom stereocenters. The summed E-state index contributed by atoms with van der Waals surface area (Å²) < 4.78 is 36.4. The molecule has 1 aliphatic rings. The van der Waals surface area contributed by atoms with Gasteiger partial charge in [-0.25, -0.2) is 17.9 Å². The van der Waals surface area contributed by atoms with Crippen molar-refractivity contribution in [1.29, 1.82) is 0 Å². The summed E-state index contributed by atoms with van der Waals surface area (Å²) in [6.45, 7) is 1.18. The fourth-order valence-corrected chi connectivity index (χ4v) is 2.99. The summed E-state index contributed by atoms with van der Waals surface area (Å²) in [6.07, 6.45) is 2.98. The molecule has 0 amide bonds. The molecule has 19 heavy (non-hydrogen) atoms. The number of benzene rings is 1. The molecule has 5 nitrogen and oxygen atoms in total. The minimum Gasteiger partial charge on any atom is -0.365 e. The van der Waals surface area contributed by atoms with Crippen LogP contribution in [0.5, 0.6) is 0 Å². The van der Waals surface area contributed by atoms with E-state index in [-0.39, 0.29) is 10.9 Å². The first-order valence-electron chi connectivity index (χ1n) is 6.22. The van der Waals surface area contributed by atoms with Crippen molar-refractivity contribution in [2.24, 2.45) is 10.9 Å². The average Bonchev–Trinajstić information content (AvgIpc) is 2.37. The van der Waals surface area contributed by atoms with Crippen molar-refractivity contribution >= 4 is 15.7 Å². The molecule has 2 rings (SSSR count). The Bertz CT molecular complexity index is 562. The lowest BCUT2D eigenvalue weighted by Gasteiger charge is -2.37. The number of piperidine rings is 1. The van der Waals surface area contributed by atoms with Gasteiger partial charge >= 0.3 is 0 Å². The summed E-state index contributed by atoms with van der Waals surface area (Å²) in [6, 6.07) is 3.86. The van der Waals surface area contributed by atoms with Crippen LogP contribution in [0.15, 0.2) is 23.1 Å². The smallest absolute Gasteiger partial charge is 0.238 e. The predicted octanol–water partition coefficient (Wildman–Crippen LogP) is 0.791. The molecular weight excluding hydrogens is 269 g/mol. The molecule has 1 aliphatic heterocycles. The Kier molecular flexibility index (Phi) is 4.07. The van der Waals surface area contributed by atoms with Crippen molar-refractivity contribution in [2.75, 3.05) is 18.0 Å². The van der Waals surface area contributed by atoms with Crippen LogP contribution in [0.1, 0.15) is 19.3 Å². The molecule has 1 fully saturated rings. The van der Waals surface area contributed by atoms with Gasteiger partial charge in [0.25, 0.3) is 0 Å². The van der Waals surface area contributed by atoms with E-state index >= 15 is 0 Å². The number of hydrogen-bond donors (Lipinski definition) is 2. The highest BCUT2D eigenvalue weighted by atomic mass is 32.2. The van der Waals surface area contributed by atoms with Gasteiger partial charge in [-0.2, -0.15) is 0 Å². The molecule has 1 unspecified atom stereocenters. The molecule has 7 heteroatoms. The van der Waals surface area contributed by atoms with E-state index in [4.69, 9.17) is 10.9 Å². The summed E-state index contributed by atoms with van der Waals surface area (Å²) in [5, 5.41) is 4.98. The Labute approximate surface area is 112 Å². The molecule has 1 heterocycles. The highest BCUT2D eigenvalue weighted by Gasteiger charge is 2.24. The molecule has 0 saturated carbocycles. The lowest BCUT2D eigenvalue weighted by molar-refractivity contribution is 0.457. The Morgan fingerprint density at radius 1 is 1.37 bits per heavy atom. The molecule has 0 spiro atoms. The van der Waals surface area contributed by atoms with Gasteiger partial charge in [0.15, 0.2) is 0 Å². The van der Waals surface area contributed by atoms with Crippen LogP contribution >= 0.6 is 0 Å². The van der Waals surface area contributed by atoms with E-state index in [2.05, 4.69) is 0 Å². The average molecular weight is 287 g/mol. The highest BCUT2D eigenvalue weighted by molar-refractivity contribution is 7.89. The van der Waals surface area contributed by atoms with Gasteiger partial charge in [0.05, 0.1) is 10.6 Å². The molecule has 106 valence electrons. The lowest BCUT2D eigenvalue weighted by atomic mass is 10.0. The minimum absolute atomic E-state index is 0.101. The first-order chi connectivity index (χ1) is 8.93. The van der Waals surface area contributed by atoms with Crippen molar-refractivity contribution in [2.45, 2.75) is 30.2 Å². The van der Waals surface area contributed by atoms with Gasteiger partial charge in [0.1, 0.15) is 5.82 Å². The van der Waals surface area contributed by atoms with Crippen LogP contribution < -0.4 is 15.8 Å². The number of nitrogens with two attached hydrogens (primary N) is 2. The van der Waals surface area contributed by atoms with Crippen molar-refractivity contribution < 1.29 is 12.8 Å². The van der Waals surface area contributed by atoms with E-state index in [0.717, 1.165) is 31.9 Å². The topological polar surface area (TPSA) is 89.4 Å². The van der Waals surface area contributed by atoms with E-state index in [1.165, 1.54) is 12.1 Å². The number of anilines is 1. The number of rotatable bonds is 3. The fourth-order valence-electron chi connectivity index (χ4n) is 2.46. The molecule has 1 aromatic carbocycles. The largest absolute Gasteiger partial charge is 0.365 e. The van der Waals surface area contributed by atoms with Crippen LogP contribution in [-0.4, -0.2) is 27.5 Å². The van der Waals surface area contributed by atoms with Gasteiger partial charge in [-0.15, -0.1) is 0 Å². The van der Waals surface area contributed by atoms with Gasteiger partial charge in [-0.05, 0) is 37.5 Å². The van der Waals surface area contributed by atoms with E-state index in [1.54, 1.807) is 0 Å². The minimum atomic E-state index is -3.88. The number of sulfonamides is 1. The molecule has 1 saturated heterocycles. The Morgan fingerprint density at radius 3 is 2.68 bits per heavy atom. The summed E-state index contributed by atoms with van der Waals surface area (Å²) in [4.78, 5) is 1.70. The second-order valence-electron chi connectivity index (χ2n) is 4.74. The normalized spacial score (nSPS) is 20.6. The van der Waals surface area contributed by atoms with Crippen LogP contribution in [0.2, 0.25) is 0 Å². The predicted molar refractivity (Wildman–Crippen MR) is 71.8 cm³/mol. The first kappa shape index (κ1) is 14.2. The molecule has 0 bridgehead atoms. The van der Waals surface area contributed by atoms with E-state index in [0.29, 0.717) is 12.2 Å². The summed E-state index contributed by atoms with van der Waals surface area (Å²) in [5.74, 6) is -0.577. The molecule has 1 aromatic rings. The first-order valence-corrected chi connectivity index (χ1v) is 7.77. The Balaban J connectivity index is 2.35. The number of nitrogens with zero attached hydrogens (tertiary/aromatic N) is 1. The molecule has 0 aromatic heterocycles. The zero-order valence-corrected chi connectivity index (χ0v) is 11.4. The maximum atomic E-state index is 14.1. The summed E-state index contributed by atoms with van der Waals surface area (Å²) in [7, 11) is -3.88. The van der Waals surface area contributed by atoms with E-state index in [9.17, 15) is 12.8 Å². The van der Waals surface area contributed by atoms with Crippen LogP contribution in [0.3, 0.4) is 0 Å². The van der Waals surface area contributed by atoms with E-state index < -0.39 is 15.8 Å². The standard InChI is InChI=1S/C12H18FN3O2S/c13-11-7-10(19(15,17)18)4-5-12(11)16-6-2-1-3-9(16)8-14/h4-5,7,9H,1-3,6,8,14H2,(H2,15,17,18).